The molecule has 0 aliphatic carbocycles. The molecule has 2 aliphatic rings. The summed E-state index contributed by atoms with van der Waals surface area (Å²) in [5.41, 5.74) is -2.21. The first-order valence-corrected chi connectivity index (χ1v) is 9.44. The van der Waals surface area contributed by atoms with E-state index in [-0.39, 0.29) is 17.5 Å². The minimum absolute atomic E-state index is 0.217. The van der Waals surface area contributed by atoms with Gasteiger partial charge in [-0.3, -0.25) is 5.41 Å². The Bertz CT molecular complexity index is 730. The summed E-state index contributed by atoms with van der Waals surface area (Å²) in [6.45, 7) is 8.07. The molecule has 1 aromatic rings. The fourth-order valence-electron chi connectivity index (χ4n) is 3.20. The van der Waals surface area contributed by atoms with Crippen LogP contribution >= 0.6 is 0 Å². The Morgan fingerprint density at radius 1 is 1.14 bits per heavy atom. The third kappa shape index (κ3) is 4.21. The van der Waals surface area contributed by atoms with Crippen LogP contribution < -0.4 is 10.8 Å². The van der Waals surface area contributed by atoms with Gasteiger partial charge in [0.15, 0.2) is 0 Å². The van der Waals surface area contributed by atoms with Crippen molar-refractivity contribution in [1.29, 1.82) is 5.41 Å². The van der Waals surface area contributed by atoms with Crippen LogP contribution in [-0.4, -0.2) is 43.0 Å². The largest absolute Gasteiger partial charge is 0.494 e. The zero-order valence-electron chi connectivity index (χ0n) is 16.6. The molecule has 0 saturated carbocycles. The Hall–Kier alpha value is -1.58. The molecule has 1 aromatic carbocycles. The average molecular weight is 398 g/mol. The molecule has 3 rings (SSSR count). The summed E-state index contributed by atoms with van der Waals surface area (Å²) in [6.07, 6.45) is -2.55. The number of hydrogen-bond donors (Lipinski definition) is 2. The summed E-state index contributed by atoms with van der Waals surface area (Å²) in [5, 5.41) is 10.7. The minimum atomic E-state index is -4.77. The van der Waals surface area contributed by atoms with Crippen LogP contribution in [0.4, 0.5) is 18.9 Å². The maximum Gasteiger partial charge on any atom is 0.494 e. The number of anilines is 1. The number of hydrogen-bond acceptors (Lipinski definition) is 5. The lowest BCUT2D eigenvalue weighted by molar-refractivity contribution is -0.0587. The van der Waals surface area contributed by atoms with Gasteiger partial charge in [-0.05, 0) is 58.5 Å². The molecule has 1 atom stereocenters. The van der Waals surface area contributed by atoms with Gasteiger partial charge in [-0.25, -0.2) is 0 Å². The Balaban J connectivity index is 1.93. The van der Waals surface area contributed by atoms with Crippen LogP contribution in [0, 0.1) is 5.41 Å². The summed E-state index contributed by atoms with van der Waals surface area (Å²) in [4.78, 5) is 0. The lowest BCUT2D eigenvalue weighted by atomic mass is 9.77. The first-order chi connectivity index (χ1) is 12.9. The van der Waals surface area contributed by atoms with Gasteiger partial charge in [-0.15, -0.1) is 0 Å². The van der Waals surface area contributed by atoms with Crippen molar-refractivity contribution >= 4 is 24.0 Å². The zero-order valence-corrected chi connectivity index (χ0v) is 16.6. The molecular weight excluding hydrogens is 372 g/mol. The smallest absolute Gasteiger partial charge is 0.399 e. The van der Waals surface area contributed by atoms with Crippen molar-refractivity contribution in [2.75, 3.05) is 11.9 Å². The molecule has 1 unspecified atom stereocenters. The van der Waals surface area contributed by atoms with Gasteiger partial charge in [0.2, 0.25) is 0 Å². The predicted molar refractivity (Wildman–Crippen MR) is 102 cm³/mol. The minimum Gasteiger partial charge on any atom is -0.399 e. The highest BCUT2D eigenvalue weighted by Gasteiger charge is 2.52. The van der Waals surface area contributed by atoms with Crippen LogP contribution in [0.2, 0.25) is 0 Å². The zero-order chi connectivity index (χ0) is 20.7. The molecule has 2 fully saturated rings. The van der Waals surface area contributed by atoms with Crippen molar-refractivity contribution < 1.29 is 27.2 Å². The molecule has 5 nitrogen and oxygen atoms in total. The van der Waals surface area contributed by atoms with Gasteiger partial charge in [-0.2, -0.15) is 13.2 Å². The SMILES string of the molecule is CC1(C)OB(c2ccc(NC3CCCCO3)c(C(=N)C(F)(F)F)c2)OC1(C)C. The van der Waals surface area contributed by atoms with Crippen molar-refractivity contribution in [3.05, 3.63) is 23.8 Å². The summed E-state index contributed by atoms with van der Waals surface area (Å²) in [6, 6.07) is 4.53. The second-order valence-electron chi connectivity index (χ2n) is 8.27. The van der Waals surface area contributed by atoms with E-state index in [1.165, 1.54) is 12.1 Å². The summed E-state index contributed by atoms with van der Waals surface area (Å²) >= 11 is 0. The highest BCUT2D eigenvalue weighted by Crippen LogP contribution is 2.37. The average Bonchev–Trinajstić information content (AvgIpc) is 2.82. The summed E-state index contributed by atoms with van der Waals surface area (Å²) < 4.78 is 57.4. The van der Waals surface area contributed by atoms with Crippen LogP contribution in [-0.2, 0) is 14.0 Å². The van der Waals surface area contributed by atoms with Gasteiger partial charge in [-0.1, -0.05) is 12.1 Å². The van der Waals surface area contributed by atoms with E-state index in [0.717, 1.165) is 12.8 Å². The molecule has 0 spiro atoms. The molecule has 0 bridgehead atoms. The molecule has 2 N–H and O–H groups in total. The second-order valence-corrected chi connectivity index (χ2v) is 8.27. The first-order valence-electron chi connectivity index (χ1n) is 9.44. The number of nitrogens with one attached hydrogen (secondary N) is 2. The van der Waals surface area contributed by atoms with E-state index >= 15 is 0 Å². The Labute approximate surface area is 163 Å². The van der Waals surface area contributed by atoms with Crippen molar-refractivity contribution in [2.24, 2.45) is 0 Å². The number of ether oxygens (including phenoxy) is 1. The van der Waals surface area contributed by atoms with Crippen LogP contribution in [0.5, 0.6) is 0 Å². The van der Waals surface area contributed by atoms with Gasteiger partial charge >= 0.3 is 13.3 Å². The van der Waals surface area contributed by atoms with Crippen LogP contribution in [0.3, 0.4) is 0 Å². The van der Waals surface area contributed by atoms with Crippen molar-refractivity contribution in [1.82, 2.24) is 0 Å². The third-order valence-corrected chi connectivity index (χ3v) is 5.62. The molecule has 28 heavy (non-hydrogen) atoms. The molecule has 2 aliphatic heterocycles. The molecule has 154 valence electrons. The molecule has 0 amide bonds. The monoisotopic (exact) mass is 398 g/mol. The molecule has 9 heteroatoms. The number of benzene rings is 1. The Kier molecular flexibility index (Phi) is 5.55. The Morgan fingerprint density at radius 3 is 2.32 bits per heavy atom. The van der Waals surface area contributed by atoms with Crippen LogP contribution in [0.15, 0.2) is 18.2 Å². The van der Waals surface area contributed by atoms with Crippen molar-refractivity contribution in [3.8, 4) is 0 Å². The van der Waals surface area contributed by atoms with E-state index in [9.17, 15) is 13.2 Å². The Morgan fingerprint density at radius 2 is 1.79 bits per heavy atom. The van der Waals surface area contributed by atoms with E-state index in [4.69, 9.17) is 19.5 Å². The van der Waals surface area contributed by atoms with E-state index < -0.39 is 30.2 Å². The van der Waals surface area contributed by atoms with Gasteiger partial charge in [0, 0.05) is 17.9 Å². The summed E-state index contributed by atoms with van der Waals surface area (Å²) in [7, 11) is -0.801. The lowest BCUT2D eigenvalue weighted by Crippen LogP contribution is -2.41. The number of alkyl halides is 3. The van der Waals surface area contributed by atoms with Gasteiger partial charge < -0.3 is 19.4 Å². The second kappa shape index (κ2) is 7.35. The van der Waals surface area contributed by atoms with E-state index in [2.05, 4.69) is 5.32 Å². The van der Waals surface area contributed by atoms with Gasteiger partial charge in [0.25, 0.3) is 0 Å². The number of rotatable bonds is 4. The standard InChI is InChI=1S/C19H26BF3N2O3/c1-17(2)18(3,4)28-20(27-17)12-8-9-14(25-15-7-5-6-10-26-15)13(11-12)16(24)19(21,22)23/h8-9,11,15,24-25H,5-7,10H2,1-4H3. The fraction of sp³-hybridized carbons (Fsp3) is 0.632. The van der Waals surface area contributed by atoms with Gasteiger partial charge in [0.05, 0.1) is 11.2 Å². The molecule has 2 heterocycles. The van der Waals surface area contributed by atoms with Gasteiger partial charge in [0.1, 0.15) is 11.9 Å². The van der Waals surface area contributed by atoms with Crippen LogP contribution in [0.1, 0.15) is 52.5 Å². The highest BCUT2D eigenvalue weighted by molar-refractivity contribution is 6.62. The van der Waals surface area contributed by atoms with Crippen molar-refractivity contribution in [2.45, 2.75) is 70.6 Å². The molecule has 2 saturated heterocycles. The third-order valence-electron chi connectivity index (χ3n) is 5.62. The fourth-order valence-corrected chi connectivity index (χ4v) is 3.20. The predicted octanol–water partition coefficient (Wildman–Crippen LogP) is 3.85. The maximum absolute atomic E-state index is 13.3. The lowest BCUT2D eigenvalue weighted by Gasteiger charge is -2.32. The highest BCUT2D eigenvalue weighted by atomic mass is 19.4. The molecular formula is C19H26BF3N2O3. The summed E-state index contributed by atoms with van der Waals surface area (Å²) in [5.74, 6) is 0. The normalized spacial score (nSPS) is 24.2. The topological polar surface area (TPSA) is 63.6 Å². The van der Waals surface area contributed by atoms with E-state index in [1.54, 1.807) is 6.07 Å². The molecule has 0 radical (unpaired) electrons. The van der Waals surface area contributed by atoms with Crippen molar-refractivity contribution in [3.63, 3.8) is 0 Å². The number of halogens is 3. The van der Waals surface area contributed by atoms with E-state index in [0.29, 0.717) is 18.5 Å². The first kappa shape index (κ1) is 21.1. The quantitative estimate of drug-likeness (QED) is 0.598. The van der Waals surface area contributed by atoms with E-state index in [1.807, 2.05) is 27.7 Å². The maximum atomic E-state index is 13.3. The van der Waals surface area contributed by atoms with Crippen LogP contribution in [0.25, 0.3) is 0 Å². The molecule has 0 aromatic heterocycles.